The number of ether oxygens (including phenoxy) is 1. The van der Waals surface area contributed by atoms with Gasteiger partial charge in [0.2, 0.25) is 0 Å². The van der Waals surface area contributed by atoms with Gasteiger partial charge in [0.1, 0.15) is 12.4 Å². The zero-order valence-electron chi connectivity index (χ0n) is 11.3. The average molecular weight is 249 g/mol. The lowest BCUT2D eigenvalue weighted by Crippen LogP contribution is -2.36. The number of rotatable bonds is 8. The molecule has 0 heterocycles. The fraction of sp³-hybridized carbons (Fsp3) is 0.467. The van der Waals surface area contributed by atoms with E-state index >= 15 is 0 Å². The lowest BCUT2D eigenvalue weighted by Gasteiger charge is -2.21. The van der Waals surface area contributed by atoms with Gasteiger partial charge in [-0.1, -0.05) is 31.7 Å². The molecule has 0 amide bonds. The van der Waals surface area contributed by atoms with Crippen LogP contribution in [0.1, 0.15) is 25.8 Å². The molecule has 0 bridgehead atoms. The molecule has 0 saturated heterocycles. The lowest BCUT2D eigenvalue weighted by molar-refractivity contribution is 0.0555. The first-order valence-corrected chi connectivity index (χ1v) is 6.33. The minimum Gasteiger partial charge on any atom is -0.490 e. The molecule has 3 heteroatoms. The molecule has 1 rings (SSSR count). The van der Waals surface area contributed by atoms with E-state index in [0.717, 1.165) is 18.7 Å². The Labute approximate surface area is 109 Å². The van der Waals surface area contributed by atoms with Crippen LogP contribution in [0.5, 0.6) is 5.75 Å². The molecule has 0 fully saturated rings. The molecule has 0 aliphatic carbocycles. The largest absolute Gasteiger partial charge is 0.490 e. The van der Waals surface area contributed by atoms with Crippen molar-refractivity contribution in [1.82, 2.24) is 5.32 Å². The topological polar surface area (TPSA) is 41.5 Å². The summed E-state index contributed by atoms with van der Waals surface area (Å²) >= 11 is 0. The fourth-order valence-electron chi connectivity index (χ4n) is 1.46. The van der Waals surface area contributed by atoms with Gasteiger partial charge in [0, 0.05) is 13.1 Å². The van der Waals surface area contributed by atoms with Crippen LogP contribution < -0.4 is 10.1 Å². The van der Waals surface area contributed by atoms with Crippen LogP contribution in [0.4, 0.5) is 0 Å². The monoisotopic (exact) mass is 249 g/mol. The summed E-state index contributed by atoms with van der Waals surface area (Å²) in [5.74, 6) is 0.846. The zero-order valence-corrected chi connectivity index (χ0v) is 11.3. The van der Waals surface area contributed by atoms with Gasteiger partial charge in [0.05, 0.1) is 5.60 Å². The smallest absolute Gasteiger partial charge is 0.119 e. The molecule has 0 aromatic heterocycles. The standard InChI is InChI=1S/C15H23NO2/c1-4-10-18-14-8-6-13(7-9-14)11-16-12-15(3,17)5-2/h4,6-9,16-17H,1,5,10-12H2,2-3H3. The van der Waals surface area contributed by atoms with Gasteiger partial charge in [-0.05, 0) is 31.0 Å². The predicted molar refractivity (Wildman–Crippen MR) is 74.8 cm³/mol. The molecule has 1 unspecified atom stereocenters. The summed E-state index contributed by atoms with van der Waals surface area (Å²) in [6, 6.07) is 7.93. The highest BCUT2D eigenvalue weighted by Gasteiger charge is 2.16. The van der Waals surface area contributed by atoms with E-state index in [0.29, 0.717) is 13.2 Å². The molecule has 0 spiro atoms. The molecule has 2 N–H and O–H groups in total. The molecule has 1 atom stereocenters. The summed E-state index contributed by atoms with van der Waals surface area (Å²) in [5.41, 5.74) is 0.542. The first-order valence-electron chi connectivity index (χ1n) is 6.33. The summed E-state index contributed by atoms with van der Waals surface area (Å²) < 4.78 is 5.41. The van der Waals surface area contributed by atoms with Crippen molar-refractivity contribution in [2.75, 3.05) is 13.2 Å². The number of nitrogens with one attached hydrogen (secondary N) is 1. The van der Waals surface area contributed by atoms with Crippen molar-refractivity contribution in [3.63, 3.8) is 0 Å². The quantitative estimate of drug-likeness (QED) is 0.696. The van der Waals surface area contributed by atoms with E-state index in [9.17, 15) is 5.11 Å². The molecule has 1 aromatic rings. The first kappa shape index (κ1) is 14.7. The van der Waals surface area contributed by atoms with E-state index in [-0.39, 0.29) is 0 Å². The third-order valence-corrected chi connectivity index (χ3v) is 2.89. The Morgan fingerprint density at radius 2 is 2.06 bits per heavy atom. The Bertz CT molecular complexity index is 357. The Hall–Kier alpha value is -1.32. The van der Waals surface area contributed by atoms with Gasteiger partial charge in [0.25, 0.3) is 0 Å². The van der Waals surface area contributed by atoms with Crippen molar-refractivity contribution in [3.05, 3.63) is 42.5 Å². The summed E-state index contributed by atoms with van der Waals surface area (Å²) in [6.07, 6.45) is 2.47. The van der Waals surface area contributed by atoms with Crippen LogP contribution >= 0.6 is 0 Å². The third-order valence-electron chi connectivity index (χ3n) is 2.89. The van der Waals surface area contributed by atoms with Crippen LogP contribution in [0.15, 0.2) is 36.9 Å². The second kappa shape index (κ2) is 7.19. The maximum absolute atomic E-state index is 9.85. The Kier molecular flexibility index (Phi) is 5.89. The van der Waals surface area contributed by atoms with Crippen molar-refractivity contribution in [2.45, 2.75) is 32.4 Å². The number of hydrogen-bond donors (Lipinski definition) is 2. The molecule has 0 saturated carbocycles. The normalized spacial score (nSPS) is 13.9. The van der Waals surface area contributed by atoms with Crippen LogP contribution in [0.25, 0.3) is 0 Å². The average Bonchev–Trinajstić information content (AvgIpc) is 2.38. The van der Waals surface area contributed by atoms with Gasteiger partial charge in [0.15, 0.2) is 0 Å². The van der Waals surface area contributed by atoms with E-state index < -0.39 is 5.60 Å². The van der Waals surface area contributed by atoms with E-state index in [1.807, 2.05) is 38.1 Å². The van der Waals surface area contributed by atoms with E-state index in [2.05, 4.69) is 11.9 Å². The van der Waals surface area contributed by atoms with Crippen LogP contribution in [-0.2, 0) is 6.54 Å². The highest BCUT2D eigenvalue weighted by molar-refractivity contribution is 5.27. The maximum atomic E-state index is 9.85. The van der Waals surface area contributed by atoms with Crippen molar-refractivity contribution in [1.29, 1.82) is 0 Å². The van der Waals surface area contributed by atoms with Gasteiger partial charge in [-0.15, -0.1) is 0 Å². The molecule has 0 aliphatic heterocycles. The molecule has 100 valence electrons. The SMILES string of the molecule is C=CCOc1ccc(CNCC(C)(O)CC)cc1. The van der Waals surface area contributed by atoms with Crippen LogP contribution in [0, 0.1) is 0 Å². The van der Waals surface area contributed by atoms with Gasteiger partial charge in [-0.25, -0.2) is 0 Å². The molecule has 0 radical (unpaired) electrons. The summed E-state index contributed by atoms with van der Waals surface area (Å²) in [6.45, 7) is 9.29. The highest BCUT2D eigenvalue weighted by atomic mass is 16.5. The van der Waals surface area contributed by atoms with E-state index in [1.54, 1.807) is 6.08 Å². The van der Waals surface area contributed by atoms with Crippen molar-refractivity contribution in [2.24, 2.45) is 0 Å². The van der Waals surface area contributed by atoms with Crippen LogP contribution in [0.2, 0.25) is 0 Å². The molecule has 18 heavy (non-hydrogen) atoms. The third kappa shape index (κ3) is 5.34. The number of hydrogen-bond acceptors (Lipinski definition) is 3. The summed E-state index contributed by atoms with van der Waals surface area (Å²) in [5, 5.41) is 13.1. The summed E-state index contributed by atoms with van der Waals surface area (Å²) in [7, 11) is 0. The minimum absolute atomic E-state index is 0.525. The van der Waals surface area contributed by atoms with Gasteiger partial charge >= 0.3 is 0 Å². The van der Waals surface area contributed by atoms with Crippen LogP contribution in [-0.4, -0.2) is 23.9 Å². The zero-order chi connectivity index (χ0) is 13.4. The Morgan fingerprint density at radius 1 is 1.39 bits per heavy atom. The fourth-order valence-corrected chi connectivity index (χ4v) is 1.46. The number of aliphatic hydroxyl groups is 1. The van der Waals surface area contributed by atoms with Gasteiger partial charge in [-0.2, -0.15) is 0 Å². The Balaban J connectivity index is 2.37. The van der Waals surface area contributed by atoms with Crippen molar-refractivity contribution < 1.29 is 9.84 Å². The predicted octanol–water partition coefficient (Wildman–Crippen LogP) is 2.50. The highest BCUT2D eigenvalue weighted by Crippen LogP contribution is 2.12. The lowest BCUT2D eigenvalue weighted by atomic mass is 10.0. The molecule has 3 nitrogen and oxygen atoms in total. The van der Waals surface area contributed by atoms with Crippen LogP contribution in [0.3, 0.4) is 0 Å². The number of benzene rings is 1. The van der Waals surface area contributed by atoms with Gasteiger partial charge in [-0.3, -0.25) is 0 Å². The minimum atomic E-state index is -0.632. The molecule has 1 aromatic carbocycles. The van der Waals surface area contributed by atoms with E-state index in [1.165, 1.54) is 5.56 Å². The van der Waals surface area contributed by atoms with E-state index in [4.69, 9.17) is 4.74 Å². The van der Waals surface area contributed by atoms with Crippen molar-refractivity contribution >= 4 is 0 Å². The second-order valence-corrected chi connectivity index (χ2v) is 4.70. The van der Waals surface area contributed by atoms with Gasteiger partial charge < -0.3 is 15.2 Å². The maximum Gasteiger partial charge on any atom is 0.119 e. The molecule has 0 aliphatic rings. The Morgan fingerprint density at radius 3 is 2.61 bits per heavy atom. The van der Waals surface area contributed by atoms with Crippen molar-refractivity contribution in [3.8, 4) is 5.75 Å². The molecular weight excluding hydrogens is 226 g/mol. The molecular formula is C15H23NO2. The summed E-state index contributed by atoms with van der Waals surface area (Å²) in [4.78, 5) is 0. The first-order chi connectivity index (χ1) is 8.57. The second-order valence-electron chi connectivity index (χ2n) is 4.70.